The number of carbonyl (C=O) groups excluding carboxylic acids is 1. The maximum absolute atomic E-state index is 11.5. The van der Waals surface area contributed by atoms with Crippen LogP contribution in [0.2, 0.25) is 0 Å². The minimum atomic E-state index is -0.317. The van der Waals surface area contributed by atoms with Gasteiger partial charge in [-0.2, -0.15) is 0 Å². The Morgan fingerprint density at radius 3 is 2.73 bits per heavy atom. The summed E-state index contributed by atoms with van der Waals surface area (Å²) in [5.41, 5.74) is 0.825. The summed E-state index contributed by atoms with van der Waals surface area (Å²) in [5, 5.41) is 0. The second-order valence-corrected chi connectivity index (χ2v) is 4.14. The van der Waals surface area contributed by atoms with Crippen molar-refractivity contribution >= 4 is 27.7 Å². The molecule has 0 radical (unpaired) electrons. The van der Waals surface area contributed by atoms with E-state index in [1.165, 1.54) is 0 Å². The van der Waals surface area contributed by atoms with Gasteiger partial charge in [-0.3, -0.25) is 4.90 Å². The minimum absolute atomic E-state index is 0.0707. The van der Waals surface area contributed by atoms with Crippen LogP contribution in [0.1, 0.15) is 0 Å². The highest BCUT2D eigenvalue weighted by Gasteiger charge is 2.31. The standard InChI is InChI=1S/C11H10BrNO2/c1-2-9-7-15-11(14)13(9)10-5-3-8(12)4-6-10/h2-6,9H,1,7H2. The van der Waals surface area contributed by atoms with Crippen molar-refractivity contribution in [2.75, 3.05) is 11.5 Å². The number of halogens is 1. The highest BCUT2D eigenvalue weighted by atomic mass is 79.9. The van der Waals surface area contributed by atoms with Gasteiger partial charge in [-0.15, -0.1) is 6.58 Å². The van der Waals surface area contributed by atoms with Crippen molar-refractivity contribution in [2.45, 2.75) is 6.04 Å². The molecule has 1 fully saturated rings. The first kappa shape index (κ1) is 10.2. The third-order valence-electron chi connectivity index (χ3n) is 2.28. The molecular weight excluding hydrogens is 258 g/mol. The van der Waals surface area contributed by atoms with E-state index in [2.05, 4.69) is 22.5 Å². The first-order chi connectivity index (χ1) is 7.22. The van der Waals surface area contributed by atoms with Crippen molar-refractivity contribution in [3.05, 3.63) is 41.4 Å². The number of rotatable bonds is 2. The van der Waals surface area contributed by atoms with E-state index in [1.807, 2.05) is 24.3 Å². The lowest BCUT2D eigenvalue weighted by Gasteiger charge is -2.18. The van der Waals surface area contributed by atoms with Crippen molar-refractivity contribution in [2.24, 2.45) is 0 Å². The Morgan fingerprint density at radius 2 is 2.13 bits per heavy atom. The van der Waals surface area contributed by atoms with Crippen LogP contribution in [0.5, 0.6) is 0 Å². The zero-order valence-electron chi connectivity index (χ0n) is 8.02. The Morgan fingerprint density at radius 1 is 1.47 bits per heavy atom. The molecule has 0 spiro atoms. The van der Waals surface area contributed by atoms with E-state index in [0.29, 0.717) is 6.61 Å². The van der Waals surface area contributed by atoms with Gasteiger partial charge in [-0.25, -0.2) is 4.79 Å². The van der Waals surface area contributed by atoms with Crippen molar-refractivity contribution in [1.82, 2.24) is 0 Å². The first-order valence-corrected chi connectivity index (χ1v) is 5.36. The summed E-state index contributed by atoms with van der Waals surface area (Å²) in [7, 11) is 0. The van der Waals surface area contributed by atoms with Crippen molar-refractivity contribution in [3.63, 3.8) is 0 Å². The molecule has 15 heavy (non-hydrogen) atoms. The summed E-state index contributed by atoms with van der Waals surface area (Å²) in [6, 6.07) is 7.45. The van der Waals surface area contributed by atoms with E-state index in [0.717, 1.165) is 10.2 Å². The zero-order valence-corrected chi connectivity index (χ0v) is 9.61. The molecule has 1 aromatic carbocycles. The molecule has 1 amide bonds. The second kappa shape index (κ2) is 4.06. The summed E-state index contributed by atoms with van der Waals surface area (Å²) in [6.45, 7) is 4.06. The van der Waals surface area contributed by atoms with Gasteiger partial charge in [-0.1, -0.05) is 22.0 Å². The van der Waals surface area contributed by atoms with Gasteiger partial charge in [0.25, 0.3) is 0 Å². The molecule has 4 heteroatoms. The summed E-state index contributed by atoms with van der Waals surface area (Å²) in [4.78, 5) is 13.1. The van der Waals surface area contributed by atoms with Crippen molar-refractivity contribution in [3.8, 4) is 0 Å². The molecule has 78 valence electrons. The Bertz CT molecular complexity index is 388. The minimum Gasteiger partial charge on any atom is -0.447 e. The molecule has 1 aliphatic heterocycles. The number of cyclic esters (lactones) is 1. The number of amides is 1. The molecule has 3 nitrogen and oxygen atoms in total. The molecule has 2 rings (SSSR count). The molecule has 1 aromatic rings. The SMILES string of the molecule is C=CC1COC(=O)N1c1ccc(Br)cc1. The van der Waals surface area contributed by atoms with Crippen LogP contribution in [0, 0.1) is 0 Å². The molecule has 1 atom stereocenters. The van der Waals surface area contributed by atoms with Crippen LogP contribution in [-0.4, -0.2) is 18.7 Å². The van der Waals surface area contributed by atoms with Crippen LogP contribution in [0.3, 0.4) is 0 Å². The Labute approximate surface area is 96.5 Å². The second-order valence-electron chi connectivity index (χ2n) is 3.23. The average molecular weight is 268 g/mol. The van der Waals surface area contributed by atoms with E-state index in [9.17, 15) is 4.79 Å². The molecule has 0 bridgehead atoms. The molecule has 0 N–H and O–H groups in total. The van der Waals surface area contributed by atoms with E-state index >= 15 is 0 Å². The normalized spacial score (nSPS) is 20.2. The molecule has 0 aliphatic carbocycles. The molecular formula is C11H10BrNO2. The van der Waals surface area contributed by atoms with Gasteiger partial charge >= 0.3 is 6.09 Å². The maximum atomic E-state index is 11.5. The Balaban J connectivity index is 2.32. The summed E-state index contributed by atoms with van der Waals surface area (Å²) in [6.07, 6.45) is 1.40. The Kier molecular flexibility index (Phi) is 2.77. The Hall–Kier alpha value is -1.29. The van der Waals surface area contributed by atoms with Gasteiger partial charge in [-0.05, 0) is 24.3 Å². The van der Waals surface area contributed by atoms with Crippen LogP contribution in [0.4, 0.5) is 10.5 Å². The predicted octanol–water partition coefficient (Wildman–Crippen LogP) is 2.96. The highest BCUT2D eigenvalue weighted by Crippen LogP contribution is 2.25. The molecule has 1 heterocycles. The number of hydrogen-bond acceptors (Lipinski definition) is 2. The summed E-state index contributed by atoms with van der Waals surface area (Å²) < 4.78 is 5.94. The van der Waals surface area contributed by atoms with Crippen LogP contribution >= 0.6 is 15.9 Å². The number of hydrogen-bond donors (Lipinski definition) is 0. The lowest BCUT2D eigenvalue weighted by Crippen LogP contribution is -2.31. The number of carbonyl (C=O) groups is 1. The van der Waals surface area contributed by atoms with Gasteiger partial charge < -0.3 is 4.74 Å². The molecule has 0 aromatic heterocycles. The van der Waals surface area contributed by atoms with Gasteiger partial charge in [0.2, 0.25) is 0 Å². The monoisotopic (exact) mass is 267 g/mol. The maximum Gasteiger partial charge on any atom is 0.415 e. The quantitative estimate of drug-likeness (QED) is 0.772. The predicted molar refractivity (Wildman–Crippen MR) is 62.0 cm³/mol. The molecule has 0 saturated carbocycles. The van der Waals surface area contributed by atoms with Crippen LogP contribution < -0.4 is 4.90 Å². The topological polar surface area (TPSA) is 29.5 Å². The molecule has 1 saturated heterocycles. The lowest BCUT2D eigenvalue weighted by atomic mass is 10.2. The fraction of sp³-hybridized carbons (Fsp3) is 0.182. The summed E-state index contributed by atoms with van der Waals surface area (Å²) in [5.74, 6) is 0. The van der Waals surface area contributed by atoms with Crippen LogP contribution in [0.15, 0.2) is 41.4 Å². The van der Waals surface area contributed by atoms with Gasteiger partial charge in [0.15, 0.2) is 0 Å². The van der Waals surface area contributed by atoms with Crippen molar-refractivity contribution < 1.29 is 9.53 Å². The van der Waals surface area contributed by atoms with Gasteiger partial charge in [0.05, 0.1) is 6.04 Å². The third-order valence-corrected chi connectivity index (χ3v) is 2.81. The van der Waals surface area contributed by atoms with E-state index in [4.69, 9.17) is 4.74 Å². The average Bonchev–Trinajstić information content (AvgIpc) is 2.61. The molecule has 1 aliphatic rings. The summed E-state index contributed by atoms with van der Waals surface area (Å²) >= 11 is 3.35. The lowest BCUT2D eigenvalue weighted by molar-refractivity contribution is 0.180. The highest BCUT2D eigenvalue weighted by molar-refractivity contribution is 9.10. The van der Waals surface area contributed by atoms with Gasteiger partial charge in [0.1, 0.15) is 6.61 Å². The number of ether oxygens (including phenoxy) is 1. The number of anilines is 1. The van der Waals surface area contributed by atoms with E-state index in [1.54, 1.807) is 11.0 Å². The fourth-order valence-corrected chi connectivity index (χ4v) is 1.77. The third kappa shape index (κ3) is 1.90. The first-order valence-electron chi connectivity index (χ1n) is 4.56. The number of nitrogens with zero attached hydrogens (tertiary/aromatic N) is 1. The van der Waals surface area contributed by atoms with Crippen molar-refractivity contribution in [1.29, 1.82) is 0 Å². The fourth-order valence-electron chi connectivity index (χ4n) is 1.51. The smallest absolute Gasteiger partial charge is 0.415 e. The zero-order chi connectivity index (χ0) is 10.8. The van der Waals surface area contributed by atoms with E-state index in [-0.39, 0.29) is 12.1 Å². The van der Waals surface area contributed by atoms with Crippen LogP contribution in [0.25, 0.3) is 0 Å². The largest absolute Gasteiger partial charge is 0.447 e. The molecule has 1 unspecified atom stereocenters. The van der Waals surface area contributed by atoms with E-state index < -0.39 is 0 Å². The van der Waals surface area contributed by atoms with Gasteiger partial charge in [0, 0.05) is 10.2 Å². The van der Waals surface area contributed by atoms with Crippen LogP contribution in [-0.2, 0) is 4.74 Å². The number of benzene rings is 1.